The molecule has 0 aromatic carbocycles. The van der Waals surface area contributed by atoms with Gasteiger partial charge in [-0.3, -0.25) is 4.99 Å². The molecule has 2 aliphatic rings. The molecule has 2 rings (SSSR count). The minimum absolute atomic E-state index is 0.188. The van der Waals surface area contributed by atoms with E-state index in [1.807, 2.05) is 20.8 Å². The van der Waals surface area contributed by atoms with E-state index in [2.05, 4.69) is 10.3 Å². The van der Waals surface area contributed by atoms with Crippen LogP contribution in [0, 0.1) is 5.92 Å². The number of ether oxygens (including phenoxy) is 1. The second-order valence-electron chi connectivity index (χ2n) is 6.75. The van der Waals surface area contributed by atoms with Crippen LogP contribution >= 0.6 is 0 Å². The lowest BCUT2D eigenvalue weighted by Crippen LogP contribution is -2.62. The molecule has 114 valence electrons. The Bertz CT molecular complexity index is 379. The Balaban J connectivity index is 1.64. The highest BCUT2D eigenvalue weighted by Crippen LogP contribution is 2.26. The molecule has 3 N–H and O–H groups in total. The van der Waals surface area contributed by atoms with Crippen LogP contribution < -0.4 is 11.1 Å². The number of nitrogens with two attached hydrogens (primary N) is 1. The predicted octanol–water partition coefficient (Wildman–Crippen LogP) is 1.31. The summed E-state index contributed by atoms with van der Waals surface area (Å²) in [5.74, 6) is 1.21. The Morgan fingerprint density at radius 3 is 2.55 bits per heavy atom. The van der Waals surface area contributed by atoms with Crippen molar-refractivity contribution in [3.05, 3.63) is 0 Å². The standard InChI is InChI=1S/C14H26N4O2/c1-14(2,3)20-13(19)18-8-11(9-18)17-12(15)16-7-10-5-4-6-10/h10-11H,4-9H2,1-3H3,(H3,15,16,17). The zero-order chi connectivity index (χ0) is 14.8. The third-order valence-electron chi connectivity index (χ3n) is 3.63. The third-order valence-corrected chi connectivity index (χ3v) is 3.63. The van der Waals surface area contributed by atoms with Gasteiger partial charge in [0.1, 0.15) is 5.60 Å². The molecule has 1 aliphatic heterocycles. The van der Waals surface area contributed by atoms with Crippen LogP contribution in [0.5, 0.6) is 0 Å². The lowest BCUT2D eigenvalue weighted by atomic mass is 9.86. The molecular formula is C14H26N4O2. The summed E-state index contributed by atoms with van der Waals surface area (Å²) in [4.78, 5) is 17.8. The molecule has 6 nitrogen and oxygen atoms in total. The number of carbonyl (C=O) groups excluding carboxylic acids is 1. The normalized spacial score (nSPS) is 21.1. The number of nitrogens with zero attached hydrogens (tertiary/aromatic N) is 2. The van der Waals surface area contributed by atoms with Gasteiger partial charge in [0, 0.05) is 19.6 Å². The first-order chi connectivity index (χ1) is 9.33. The fourth-order valence-electron chi connectivity index (χ4n) is 2.20. The molecule has 0 radical (unpaired) electrons. The van der Waals surface area contributed by atoms with Gasteiger partial charge < -0.3 is 20.7 Å². The number of amides is 1. The van der Waals surface area contributed by atoms with Crippen molar-refractivity contribution in [1.82, 2.24) is 10.2 Å². The SMILES string of the molecule is CC(C)(C)OC(=O)N1CC(NC(N)=NCC2CCC2)C1. The number of carbonyl (C=O) groups is 1. The molecule has 0 bridgehead atoms. The van der Waals surface area contributed by atoms with Crippen LogP contribution in [0.2, 0.25) is 0 Å². The van der Waals surface area contributed by atoms with Gasteiger partial charge in [0.05, 0.1) is 6.04 Å². The first kappa shape index (κ1) is 14.9. The van der Waals surface area contributed by atoms with Crippen molar-refractivity contribution in [3.63, 3.8) is 0 Å². The summed E-state index contributed by atoms with van der Waals surface area (Å²) in [6.45, 7) is 7.66. The summed E-state index contributed by atoms with van der Waals surface area (Å²) in [5.41, 5.74) is 5.39. The summed E-state index contributed by atoms with van der Waals surface area (Å²) in [7, 11) is 0. The van der Waals surface area contributed by atoms with Crippen molar-refractivity contribution < 1.29 is 9.53 Å². The molecule has 0 unspecified atom stereocenters. The number of hydrogen-bond acceptors (Lipinski definition) is 3. The van der Waals surface area contributed by atoms with Gasteiger partial charge in [-0.1, -0.05) is 6.42 Å². The lowest BCUT2D eigenvalue weighted by Gasteiger charge is -2.40. The van der Waals surface area contributed by atoms with Gasteiger partial charge in [0.2, 0.25) is 0 Å². The molecule has 6 heteroatoms. The quantitative estimate of drug-likeness (QED) is 0.604. The van der Waals surface area contributed by atoms with Crippen molar-refractivity contribution >= 4 is 12.1 Å². The fourth-order valence-corrected chi connectivity index (χ4v) is 2.20. The summed E-state index contributed by atoms with van der Waals surface area (Å²) >= 11 is 0. The van der Waals surface area contributed by atoms with E-state index in [0.717, 1.165) is 12.5 Å². The number of hydrogen-bond donors (Lipinski definition) is 2. The summed E-state index contributed by atoms with van der Waals surface area (Å²) in [6, 6.07) is 0.188. The molecule has 0 aromatic rings. The fraction of sp³-hybridized carbons (Fsp3) is 0.857. The number of likely N-dealkylation sites (tertiary alicyclic amines) is 1. The number of aliphatic imine (C=N–C) groups is 1. The van der Waals surface area contributed by atoms with Crippen molar-refractivity contribution in [2.45, 2.75) is 51.7 Å². The molecule has 0 atom stereocenters. The van der Waals surface area contributed by atoms with E-state index in [9.17, 15) is 4.79 Å². The maximum atomic E-state index is 11.7. The maximum absolute atomic E-state index is 11.7. The first-order valence-corrected chi connectivity index (χ1v) is 7.38. The van der Waals surface area contributed by atoms with Gasteiger partial charge in [-0.25, -0.2) is 4.79 Å². The highest BCUT2D eigenvalue weighted by Gasteiger charge is 2.33. The van der Waals surface area contributed by atoms with Crippen LogP contribution in [-0.2, 0) is 4.74 Å². The van der Waals surface area contributed by atoms with E-state index in [1.165, 1.54) is 19.3 Å². The van der Waals surface area contributed by atoms with E-state index in [0.29, 0.717) is 19.0 Å². The Kier molecular flexibility index (Phi) is 4.40. The van der Waals surface area contributed by atoms with E-state index < -0.39 is 5.60 Å². The van der Waals surface area contributed by atoms with Gasteiger partial charge in [-0.15, -0.1) is 0 Å². The zero-order valence-electron chi connectivity index (χ0n) is 12.7. The average molecular weight is 282 g/mol. The van der Waals surface area contributed by atoms with Crippen molar-refractivity contribution in [1.29, 1.82) is 0 Å². The zero-order valence-corrected chi connectivity index (χ0v) is 12.7. The van der Waals surface area contributed by atoms with Crippen LogP contribution in [0.25, 0.3) is 0 Å². The average Bonchev–Trinajstić information content (AvgIpc) is 2.17. The van der Waals surface area contributed by atoms with Crippen molar-refractivity contribution in [2.24, 2.45) is 16.6 Å². The Morgan fingerprint density at radius 2 is 2.05 bits per heavy atom. The molecule has 2 fully saturated rings. The smallest absolute Gasteiger partial charge is 0.410 e. The number of nitrogens with one attached hydrogen (secondary N) is 1. The summed E-state index contributed by atoms with van der Waals surface area (Å²) in [6.07, 6.45) is 3.60. The molecule has 20 heavy (non-hydrogen) atoms. The molecule has 1 amide bonds. The number of guanidine groups is 1. The second-order valence-corrected chi connectivity index (χ2v) is 6.75. The summed E-state index contributed by atoms with van der Waals surface area (Å²) < 4.78 is 5.29. The highest BCUT2D eigenvalue weighted by molar-refractivity contribution is 5.79. The minimum Gasteiger partial charge on any atom is -0.444 e. The largest absolute Gasteiger partial charge is 0.444 e. The van der Waals surface area contributed by atoms with Gasteiger partial charge in [0.25, 0.3) is 0 Å². The van der Waals surface area contributed by atoms with Crippen LogP contribution in [0.3, 0.4) is 0 Å². The summed E-state index contributed by atoms with van der Waals surface area (Å²) in [5, 5.41) is 3.15. The first-order valence-electron chi connectivity index (χ1n) is 7.38. The lowest BCUT2D eigenvalue weighted by molar-refractivity contribution is 0.00705. The van der Waals surface area contributed by atoms with E-state index in [1.54, 1.807) is 4.90 Å². The van der Waals surface area contributed by atoms with E-state index in [-0.39, 0.29) is 12.1 Å². The molecule has 1 heterocycles. The minimum atomic E-state index is -0.446. The predicted molar refractivity (Wildman–Crippen MR) is 78.6 cm³/mol. The van der Waals surface area contributed by atoms with Gasteiger partial charge >= 0.3 is 6.09 Å². The van der Waals surface area contributed by atoms with E-state index >= 15 is 0 Å². The maximum Gasteiger partial charge on any atom is 0.410 e. The van der Waals surface area contributed by atoms with Gasteiger partial charge in [-0.05, 0) is 39.5 Å². The molecular weight excluding hydrogens is 256 g/mol. The topological polar surface area (TPSA) is 80.0 Å². The monoisotopic (exact) mass is 282 g/mol. The van der Waals surface area contributed by atoms with Crippen molar-refractivity contribution in [2.75, 3.05) is 19.6 Å². The Labute approximate surface area is 120 Å². The Morgan fingerprint density at radius 1 is 1.40 bits per heavy atom. The third kappa shape index (κ3) is 4.28. The van der Waals surface area contributed by atoms with Gasteiger partial charge in [0.15, 0.2) is 5.96 Å². The van der Waals surface area contributed by atoms with Crippen molar-refractivity contribution in [3.8, 4) is 0 Å². The van der Waals surface area contributed by atoms with Gasteiger partial charge in [-0.2, -0.15) is 0 Å². The van der Waals surface area contributed by atoms with Crippen LogP contribution in [0.15, 0.2) is 4.99 Å². The van der Waals surface area contributed by atoms with Crippen LogP contribution in [-0.4, -0.2) is 48.2 Å². The Hall–Kier alpha value is -1.46. The second kappa shape index (κ2) is 5.89. The molecule has 0 spiro atoms. The molecule has 1 saturated carbocycles. The van der Waals surface area contributed by atoms with Crippen LogP contribution in [0.4, 0.5) is 4.79 Å². The molecule has 0 aromatic heterocycles. The number of rotatable bonds is 3. The van der Waals surface area contributed by atoms with E-state index in [4.69, 9.17) is 10.5 Å². The van der Waals surface area contributed by atoms with Crippen LogP contribution in [0.1, 0.15) is 40.0 Å². The highest BCUT2D eigenvalue weighted by atomic mass is 16.6. The molecule has 1 aliphatic carbocycles. The molecule has 1 saturated heterocycles.